The highest BCUT2D eigenvalue weighted by Gasteiger charge is 2.05. The van der Waals surface area contributed by atoms with Crippen LogP contribution in [0, 0.1) is 0 Å². The maximum absolute atomic E-state index is 5.24. The second kappa shape index (κ2) is 8.83. The molecule has 1 atom stereocenters. The Morgan fingerprint density at radius 1 is 1.44 bits per heavy atom. The van der Waals surface area contributed by atoms with Crippen molar-refractivity contribution in [1.29, 1.82) is 0 Å². The van der Waals surface area contributed by atoms with Gasteiger partial charge < -0.3 is 10.1 Å². The van der Waals surface area contributed by atoms with Gasteiger partial charge in [-0.05, 0) is 48.6 Å². The van der Waals surface area contributed by atoms with E-state index in [0.29, 0.717) is 6.04 Å². The molecule has 1 N–H and O–H groups in total. The third-order valence-corrected chi connectivity index (χ3v) is 4.50. The number of methoxy groups -OCH3 is 1. The summed E-state index contributed by atoms with van der Waals surface area (Å²) >= 11 is 5.57. The number of hydrogen-bond acceptors (Lipinski definition) is 3. The molecule has 102 valence electrons. The highest BCUT2D eigenvalue weighted by atomic mass is 79.9. The van der Waals surface area contributed by atoms with Crippen LogP contribution in [0.3, 0.4) is 0 Å². The second-order valence-electron chi connectivity index (χ2n) is 4.22. The average Bonchev–Trinajstić information content (AvgIpc) is 2.38. The fourth-order valence-corrected chi connectivity index (χ4v) is 2.80. The van der Waals surface area contributed by atoms with Gasteiger partial charge in [0.2, 0.25) is 0 Å². The molecular weight excluding hydrogens is 310 g/mol. The Bertz CT molecular complexity index is 360. The molecule has 4 heteroatoms. The summed E-state index contributed by atoms with van der Waals surface area (Å²) in [4.78, 5) is 0. The summed E-state index contributed by atoms with van der Waals surface area (Å²) in [5, 5.41) is 3.55. The quantitative estimate of drug-likeness (QED) is 0.725. The van der Waals surface area contributed by atoms with Crippen molar-refractivity contribution in [3.8, 4) is 5.75 Å². The van der Waals surface area contributed by atoms with E-state index in [1.807, 2.05) is 23.9 Å². The number of nitrogens with one attached hydrogen (secondary N) is 1. The number of halogens is 1. The zero-order chi connectivity index (χ0) is 13.4. The normalized spacial score (nSPS) is 12.4. The van der Waals surface area contributed by atoms with Gasteiger partial charge in [0.25, 0.3) is 0 Å². The SMILES string of the molecule is CCSCCC(C)NCc1cc(OC)ccc1Br. The lowest BCUT2D eigenvalue weighted by Gasteiger charge is -2.14. The van der Waals surface area contributed by atoms with Crippen molar-refractivity contribution in [2.24, 2.45) is 0 Å². The molecule has 0 radical (unpaired) electrons. The Morgan fingerprint density at radius 3 is 2.89 bits per heavy atom. The summed E-state index contributed by atoms with van der Waals surface area (Å²) in [6.45, 7) is 5.32. The molecule has 2 nitrogen and oxygen atoms in total. The Hall–Kier alpha value is -0.190. The van der Waals surface area contributed by atoms with Crippen molar-refractivity contribution >= 4 is 27.7 Å². The molecule has 0 saturated carbocycles. The molecule has 1 aromatic rings. The summed E-state index contributed by atoms with van der Waals surface area (Å²) in [6, 6.07) is 6.62. The topological polar surface area (TPSA) is 21.3 Å². The number of hydrogen-bond donors (Lipinski definition) is 1. The molecule has 0 saturated heterocycles. The zero-order valence-electron chi connectivity index (χ0n) is 11.3. The first-order valence-corrected chi connectivity index (χ1v) is 8.25. The van der Waals surface area contributed by atoms with Crippen LogP contribution in [0.15, 0.2) is 22.7 Å². The predicted molar refractivity (Wildman–Crippen MR) is 84.6 cm³/mol. The van der Waals surface area contributed by atoms with Crippen LogP contribution in [-0.2, 0) is 6.54 Å². The maximum atomic E-state index is 5.24. The van der Waals surface area contributed by atoms with Gasteiger partial charge in [0.1, 0.15) is 5.75 Å². The van der Waals surface area contributed by atoms with Crippen LogP contribution in [0.25, 0.3) is 0 Å². The highest BCUT2D eigenvalue weighted by molar-refractivity contribution is 9.10. The molecule has 0 bridgehead atoms. The molecule has 1 rings (SSSR count). The van der Waals surface area contributed by atoms with Crippen molar-refractivity contribution in [2.75, 3.05) is 18.6 Å². The van der Waals surface area contributed by atoms with Crippen molar-refractivity contribution < 1.29 is 4.74 Å². The monoisotopic (exact) mass is 331 g/mol. The lowest BCUT2D eigenvalue weighted by molar-refractivity contribution is 0.413. The standard InChI is InChI=1S/C14H22BrNOS/c1-4-18-8-7-11(2)16-10-12-9-13(17-3)5-6-14(12)15/h5-6,9,11,16H,4,7-8,10H2,1-3H3. The number of benzene rings is 1. The lowest BCUT2D eigenvalue weighted by Crippen LogP contribution is -2.26. The van der Waals surface area contributed by atoms with Gasteiger partial charge in [-0.25, -0.2) is 0 Å². The molecule has 0 aliphatic heterocycles. The molecule has 0 aliphatic rings. The van der Waals surface area contributed by atoms with Crippen LogP contribution in [0.2, 0.25) is 0 Å². The lowest BCUT2D eigenvalue weighted by atomic mass is 10.2. The van der Waals surface area contributed by atoms with Crippen LogP contribution in [0.1, 0.15) is 25.8 Å². The van der Waals surface area contributed by atoms with Gasteiger partial charge in [-0.15, -0.1) is 0 Å². The number of ether oxygens (including phenoxy) is 1. The van der Waals surface area contributed by atoms with Gasteiger partial charge in [0.15, 0.2) is 0 Å². The van der Waals surface area contributed by atoms with E-state index in [1.165, 1.54) is 23.5 Å². The van der Waals surface area contributed by atoms with Crippen molar-refractivity contribution in [3.63, 3.8) is 0 Å². The van der Waals surface area contributed by atoms with Gasteiger partial charge in [-0.3, -0.25) is 0 Å². The minimum Gasteiger partial charge on any atom is -0.497 e. The van der Waals surface area contributed by atoms with E-state index in [1.54, 1.807) is 7.11 Å². The van der Waals surface area contributed by atoms with E-state index in [2.05, 4.69) is 41.2 Å². The molecule has 0 aliphatic carbocycles. The van der Waals surface area contributed by atoms with Crippen LogP contribution in [0.5, 0.6) is 5.75 Å². The van der Waals surface area contributed by atoms with Crippen molar-refractivity contribution in [2.45, 2.75) is 32.9 Å². The van der Waals surface area contributed by atoms with Gasteiger partial charge in [-0.1, -0.05) is 22.9 Å². The Balaban J connectivity index is 2.42. The van der Waals surface area contributed by atoms with Gasteiger partial charge in [0, 0.05) is 17.1 Å². The molecule has 0 heterocycles. The predicted octanol–water partition coefficient (Wildman–Crippen LogP) is 4.08. The summed E-state index contributed by atoms with van der Waals surface area (Å²) in [7, 11) is 1.70. The first-order chi connectivity index (χ1) is 8.67. The molecular formula is C14H22BrNOS. The zero-order valence-corrected chi connectivity index (χ0v) is 13.7. The Morgan fingerprint density at radius 2 is 2.22 bits per heavy atom. The van der Waals surface area contributed by atoms with E-state index >= 15 is 0 Å². The van der Waals surface area contributed by atoms with Crippen LogP contribution in [-0.4, -0.2) is 24.7 Å². The van der Waals surface area contributed by atoms with E-state index in [0.717, 1.165) is 16.8 Å². The Labute approximate surface area is 123 Å². The third-order valence-electron chi connectivity index (χ3n) is 2.79. The van der Waals surface area contributed by atoms with Crippen LogP contribution in [0.4, 0.5) is 0 Å². The van der Waals surface area contributed by atoms with Crippen LogP contribution >= 0.6 is 27.7 Å². The van der Waals surface area contributed by atoms with Gasteiger partial charge in [0.05, 0.1) is 7.11 Å². The summed E-state index contributed by atoms with van der Waals surface area (Å²) < 4.78 is 6.37. The first kappa shape index (κ1) is 15.9. The minimum atomic E-state index is 0.544. The Kier molecular flexibility index (Phi) is 7.79. The molecule has 1 unspecified atom stereocenters. The molecule has 1 aromatic carbocycles. The second-order valence-corrected chi connectivity index (χ2v) is 6.47. The van der Waals surface area contributed by atoms with E-state index in [9.17, 15) is 0 Å². The number of thioether (sulfide) groups is 1. The van der Waals surface area contributed by atoms with E-state index in [4.69, 9.17) is 4.74 Å². The van der Waals surface area contributed by atoms with Crippen molar-refractivity contribution in [1.82, 2.24) is 5.32 Å². The molecule has 0 fully saturated rings. The third kappa shape index (κ3) is 5.63. The highest BCUT2D eigenvalue weighted by Crippen LogP contribution is 2.22. The smallest absolute Gasteiger partial charge is 0.119 e. The largest absolute Gasteiger partial charge is 0.497 e. The van der Waals surface area contributed by atoms with E-state index < -0.39 is 0 Å². The molecule has 0 spiro atoms. The summed E-state index contributed by atoms with van der Waals surface area (Å²) in [6.07, 6.45) is 1.21. The van der Waals surface area contributed by atoms with Gasteiger partial charge in [-0.2, -0.15) is 11.8 Å². The minimum absolute atomic E-state index is 0.544. The fourth-order valence-electron chi connectivity index (χ4n) is 1.60. The average molecular weight is 332 g/mol. The van der Waals surface area contributed by atoms with Crippen molar-refractivity contribution in [3.05, 3.63) is 28.2 Å². The fraction of sp³-hybridized carbons (Fsp3) is 0.571. The summed E-state index contributed by atoms with van der Waals surface area (Å²) in [5.74, 6) is 3.34. The number of rotatable bonds is 8. The molecule has 0 aromatic heterocycles. The van der Waals surface area contributed by atoms with E-state index in [-0.39, 0.29) is 0 Å². The first-order valence-electron chi connectivity index (χ1n) is 6.31. The molecule has 18 heavy (non-hydrogen) atoms. The molecule has 0 amide bonds. The maximum Gasteiger partial charge on any atom is 0.119 e. The van der Waals surface area contributed by atoms with Gasteiger partial charge >= 0.3 is 0 Å². The summed E-state index contributed by atoms with van der Waals surface area (Å²) in [5.41, 5.74) is 1.24. The van der Waals surface area contributed by atoms with Crippen LogP contribution < -0.4 is 10.1 Å².